The number of likely N-dealkylation sites (tertiary alicyclic amines) is 1. The molecule has 1 aliphatic rings. The van der Waals surface area contributed by atoms with Gasteiger partial charge in [0.05, 0.1) is 19.3 Å². The fourth-order valence-corrected chi connectivity index (χ4v) is 3.53. The van der Waals surface area contributed by atoms with E-state index in [4.69, 9.17) is 4.74 Å². The summed E-state index contributed by atoms with van der Waals surface area (Å²) in [5, 5.41) is 4.21. The molecule has 1 fully saturated rings. The maximum absolute atomic E-state index is 12.8. The summed E-state index contributed by atoms with van der Waals surface area (Å²) in [6.45, 7) is 2.84. The molecule has 28 heavy (non-hydrogen) atoms. The number of hydrogen-bond donors (Lipinski definition) is 0. The lowest BCUT2D eigenvalue weighted by atomic mass is 10.1. The maximum atomic E-state index is 12.8. The Kier molecular flexibility index (Phi) is 5.83. The van der Waals surface area contributed by atoms with Gasteiger partial charge in [0.15, 0.2) is 0 Å². The molecule has 5 nitrogen and oxygen atoms in total. The zero-order chi connectivity index (χ0) is 19.2. The third kappa shape index (κ3) is 4.67. The van der Waals surface area contributed by atoms with Gasteiger partial charge in [-0.1, -0.05) is 42.5 Å². The van der Waals surface area contributed by atoms with Crippen LogP contribution in [-0.4, -0.2) is 39.8 Å². The molecule has 2 heterocycles. The molecular weight excluding hydrogens is 350 g/mol. The van der Waals surface area contributed by atoms with Gasteiger partial charge >= 0.3 is 0 Å². The number of piperidine rings is 1. The highest BCUT2D eigenvalue weighted by Gasteiger charge is 2.24. The first-order valence-electron chi connectivity index (χ1n) is 9.79. The minimum Gasteiger partial charge on any atom is -0.373 e. The summed E-state index contributed by atoms with van der Waals surface area (Å²) in [6.07, 6.45) is 5.70. The standard InChI is InChI=1S/C23H25N3O2/c27-23(21-9-7-19(8-10-21)17-26-14-4-13-24-26)25-15-11-22(12-16-25)28-18-20-5-2-1-3-6-20/h1-10,13-14,22H,11-12,15-18H2. The summed E-state index contributed by atoms with van der Waals surface area (Å²) >= 11 is 0. The predicted molar refractivity (Wildman–Crippen MR) is 108 cm³/mol. The lowest BCUT2D eigenvalue weighted by Crippen LogP contribution is -2.40. The molecule has 144 valence electrons. The van der Waals surface area contributed by atoms with Crippen LogP contribution < -0.4 is 0 Å². The third-order valence-corrected chi connectivity index (χ3v) is 5.16. The summed E-state index contributed by atoms with van der Waals surface area (Å²) in [6, 6.07) is 20.0. The molecule has 0 bridgehead atoms. The number of benzene rings is 2. The Morgan fingerprint density at radius 3 is 2.39 bits per heavy atom. The van der Waals surface area contributed by atoms with Crippen molar-refractivity contribution in [3.05, 3.63) is 89.7 Å². The lowest BCUT2D eigenvalue weighted by Gasteiger charge is -2.32. The van der Waals surface area contributed by atoms with Crippen LogP contribution in [0.3, 0.4) is 0 Å². The van der Waals surface area contributed by atoms with E-state index >= 15 is 0 Å². The molecule has 5 heteroatoms. The molecule has 0 saturated carbocycles. The molecule has 0 unspecified atom stereocenters. The topological polar surface area (TPSA) is 47.4 Å². The second kappa shape index (κ2) is 8.85. The average Bonchev–Trinajstić information content (AvgIpc) is 3.26. The van der Waals surface area contributed by atoms with Crippen molar-refractivity contribution in [2.75, 3.05) is 13.1 Å². The molecule has 0 atom stereocenters. The normalized spacial score (nSPS) is 14.9. The Morgan fingerprint density at radius 1 is 0.964 bits per heavy atom. The number of carbonyl (C=O) groups excluding carboxylic acids is 1. The van der Waals surface area contributed by atoms with E-state index < -0.39 is 0 Å². The van der Waals surface area contributed by atoms with E-state index in [1.54, 1.807) is 6.20 Å². The zero-order valence-corrected chi connectivity index (χ0v) is 15.9. The van der Waals surface area contributed by atoms with Crippen molar-refractivity contribution in [1.82, 2.24) is 14.7 Å². The number of aromatic nitrogens is 2. The first-order chi connectivity index (χ1) is 13.8. The molecule has 0 spiro atoms. The summed E-state index contributed by atoms with van der Waals surface area (Å²) in [5.74, 6) is 0.104. The van der Waals surface area contributed by atoms with Crippen LogP contribution in [0.4, 0.5) is 0 Å². The fraction of sp³-hybridized carbons (Fsp3) is 0.304. The number of hydrogen-bond acceptors (Lipinski definition) is 3. The van der Waals surface area contributed by atoms with Gasteiger partial charge in [-0.05, 0) is 42.2 Å². The quantitative estimate of drug-likeness (QED) is 0.659. The van der Waals surface area contributed by atoms with Crippen molar-refractivity contribution in [3.63, 3.8) is 0 Å². The third-order valence-electron chi connectivity index (χ3n) is 5.16. The molecule has 0 N–H and O–H groups in total. The number of ether oxygens (including phenoxy) is 1. The van der Waals surface area contributed by atoms with Crippen LogP contribution in [0, 0.1) is 0 Å². The Morgan fingerprint density at radius 2 is 1.71 bits per heavy atom. The maximum Gasteiger partial charge on any atom is 0.253 e. The molecule has 0 aliphatic carbocycles. The number of rotatable bonds is 6. The Hall–Kier alpha value is -2.92. The van der Waals surface area contributed by atoms with Crippen LogP contribution in [0.2, 0.25) is 0 Å². The van der Waals surface area contributed by atoms with E-state index in [9.17, 15) is 4.79 Å². The summed E-state index contributed by atoms with van der Waals surface area (Å²) in [7, 11) is 0. The van der Waals surface area contributed by atoms with Crippen LogP contribution >= 0.6 is 0 Å². The van der Waals surface area contributed by atoms with Gasteiger partial charge in [-0.15, -0.1) is 0 Å². The minimum absolute atomic E-state index is 0.104. The van der Waals surface area contributed by atoms with Gasteiger partial charge in [-0.25, -0.2) is 0 Å². The summed E-state index contributed by atoms with van der Waals surface area (Å²) < 4.78 is 7.89. The van der Waals surface area contributed by atoms with Gasteiger partial charge in [-0.3, -0.25) is 9.48 Å². The van der Waals surface area contributed by atoms with Crippen molar-refractivity contribution in [1.29, 1.82) is 0 Å². The molecule has 3 aromatic rings. The van der Waals surface area contributed by atoms with Gasteiger partial charge in [0.25, 0.3) is 5.91 Å². The molecule has 4 rings (SSSR count). The lowest BCUT2D eigenvalue weighted by molar-refractivity contribution is -0.000379. The fourth-order valence-electron chi connectivity index (χ4n) is 3.53. The number of nitrogens with zero attached hydrogens (tertiary/aromatic N) is 3. The van der Waals surface area contributed by atoms with E-state index in [0.717, 1.165) is 37.1 Å². The second-order valence-electron chi connectivity index (χ2n) is 7.19. The summed E-state index contributed by atoms with van der Waals surface area (Å²) in [4.78, 5) is 14.7. The van der Waals surface area contributed by atoms with Crippen LogP contribution in [0.1, 0.15) is 34.3 Å². The highest BCUT2D eigenvalue weighted by molar-refractivity contribution is 5.94. The van der Waals surface area contributed by atoms with Gasteiger partial charge in [0.1, 0.15) is 0 Å². The second-order valence-corrected chi connectivity index (χ2v) is 7.19. The van der Waals surface area contributed by atoms with Crippen LogP contribution in [0.5, 0.6) is 0 Å². The molecule has 2 aromatic carbocycles. The number of carbonyl (C=O) groups is 1. The van der Waals surface area contributed by atoms with E-state index in [0.29, 0.717) is 13.2 Å². The van der Waals surface area contributed by atoms with Crippen molar-refractivity contribution < 1.29 is 9.53 Å². The molecule has 1 aromatic heterocycles. The van der Waals surface area contributed by atoms with E-state index in [2.05, 4.69) is 17.2 Å². The first kappa shape index (κ1) is 18.4. The van der Waals surface area contributed by atoms with Crippen molar-refractivity contribution in [2.45, 2.75) is 32.1 Å². The molecule has 1 aliphatic heterocycles. The van der Waals surface area contributed by atoms with Crippen LogP contribution in [-0.2, 0) is 17.9 Å². The molecular formula is C23H25N3O2. The monoisotopic (exact) mass is 375 g/mol. The SMILES string of the molecule is O=C(c1ccc(Cn2cccn2)cc1)N1CCC(OCc2ccccc2)CC1. The van der Waals surface area contributed by atoms with E-state index in [1.165, 1.54) is 5.56 Å². The number of amides is 1. The molecule has 1 amide bonds. The largest absolute Gasteiger partial charge is 0.373 e. The van der Waals surface area contributed by atoms with Crippen molar-refractivity contribution in [2.24, 2.45) is 0 Å². The average molecular weight is 375 g/mol. The van der Waals surface area contributed by atoms with Crippen LogP contribution in [0.25, 0.3) is 0 Å². The predicted octanol–water partition coefficient (Wildman–Crippen LogP) is 3.75. The first-order valence-corrected chi connectivity index (χ1v) is 9.79. The van der Waals surface area contributed by atoms with Gasteiger partial charge in [0, 0.05) is 31.0 Å². The molecule has 1 saturated heterocycles. The van der Waals surface area contributed by atoms with Gasteiger partial charge < -0.3 is 9.64 Å². The smallest absolute Gasteiger partial charge is 0.253 e. The van der Waals surface area contributed by atoms with E-state index in [1.807, 2.05) is 64.3 Å². The van der Waals surface area contributed by atoms with Gasteiger partial charge in [0.2, 0.25) is 0 Å². The zero-order valence-electron chi connectivity index (χ0n) is 15.9. The Labute approximate surface area is 165 Å². The minimum atomic E-state index is 0.104. The van der Waals surface area contributed by atoms with Crippen LogP contribution in [0.15, 0.2) is 73.1 Å². The van der Waals surface area contributed by atoms with Crippen molar-refractivity contribution in [3.8, 4) is 0 Å². The Balaban J connectivity index is 1.26. The van der Waals surface area contributed by atoms with E-state index in [-0.39, 0.29) is 12.0 Å². The van der Waals surface area contributed by atoms with Crippen molar-refractivity contribution >= 4 is 5.91 Å². The van der Waals surface area contributed by atoms with Gasteiger partial charge in [-0.2, -0.15) is 5.10 Å². The molecule has 0 radical (unpaired) electrons. The highest BCUT2D eigenvalue weighted by atomic mass is 16.5. The highest BCUT2D eigenvalue weighted by Crippen LogP contribution is 2.18. The Bertz CT molecular complexity index is 868. The summed E-state index contributed by atoms with van der Waals surface area (Å²) in [5.41, 5.74) is 3.07.